The minimum absolute atomic E-state index is 0.0386. The van der Waals surface area contributed by atoms with Crippen LogP contribution in [-0.4, -0.2) is 47.3 Å². The number of nitrogens with zero attached hydrogens (tertiary/aromatic N) is 1. The van der Waals surface area contributed by atoms with E-state index in [0.717, 1.165) is 0 Å². The zero-order valence-electron chi connectivity index (χ0n) is 11.8. The Morgan fingerprint density at radius 1 is 1.33 bits per heavy atom. The SMILES string of the molecule is CC1CN(C(=O)Nc2ccc(Br)cc2C(=O)O)CC(C)O1. The Balaban J connectivity index is 2.14. The van der Waals surface area contributed by atoms with Crippen molar-refractivity contribution in [1.82, 2.24) is 4.90 Å². The number of carbonyl (C=O) groups is 2. The summed E-state index contributed by atoms with van der Waals surface area (Å²) in [6.45, 7) is 4.76. The summed E-state index contributed by atoms with van der Waals surface area (Å²) in [7, 11) is 0. The van der Waals surface area contributed by atoms with Crippen molar-refractivity contribution in [3.63, 3.8) is 0 Å². The molecule has 114 valence electrons. The largest absolute Gasteiger partial charge is 0.478 e. The van der Waals surface area contributed by atoms with Gasteiger partial charge < -0.3 is 20.1 Å². The van der Waals surface area contributed by atoms with Crippen LogP contribution in [0, 0.1) is 0 Å². The van der Waals surface area contributed by atoms with Gasteiger partial charge in [-0.15, -0.1) is 0 Å². The van der Waals surface area contributed by atoms with E-state index in [2.05, 4.69) is 21.2 Å². The number of carbonyl (C=O) groups excluding carboxylic acids is 1. The lowest BCUT2D eigenvalue weighted by atomic mass is 10.2. The minimum atomic E-state index is -1.09. The van der Waals surface area contributed by atoms with Crippen LogP contribution in [0.1, 0.15) is 24.2 Å². The van der Waals surface area contributed by atoms with Crippen LogP contribution in [0.5, 0.6) is 0 Å². The molecule has 2 N–H and O–H groups in total. The van der Waals surface area contributed by atoms with Gasteiger partial charge >= 0.3 is 12.0 Å². The third-order valence-electron chi connectivity index (χ3n) is 3.16. The highest BCUT2D eigenvalue weighted by atomic mass is 79.9. The molecule has 1 aliphatic rings. The summed E-state index contributed by atoms with van der Waals surface area (Å²) in [6.07, 6.45) is -0.0771. The molecular formula is C14H17BrN2O4. The molecule has 2 amide bonds. The van der Waals surface area contributed by atoms with Gasteiger partial charge in [-0.1, -0.05) is 15.9 Å². The van der Waals surface area contributed by atoms with E-state index in [4.69, 9.17) is 4.74 Å². The van der Waals surface area contributed by atoms with Crippen molar-refractivity contribution in [3.05, 3.63) is 28.2 Å². The Labute approximate surface area is 131 Å². The van der Waals surface area contributed by atoms with Crippen molar-refractivity contribution >= 4 is 33.6 Å². The quantitative estimate of drug-likeness (QED) is 0.853. The zero-order chi connectivity index (χ0) is 15.6. The van der Waals surface area contributed by atoms with Crippen LogP contribution in [0.4, 0.5) is 10.5 Å². The van der Waals surface area contributed by atoms with E-state index in [1.807, 2.05) is 13.8 Å². The molecule has 21 heavy (non-hydrogen) atoms. The van der Waals surface area contributed by atoms with Crippen molar-refractivity contribution in [2.45, 2.75) is 26.1 Å². The van der Waals surface area contributed by atoms with Crippen LogP contribution in [0.2, 0.25) is 0 Å². The Kier molecular flexibility index (Phi) is 4.84. The average molecular weight is 357 g/mol. The van der Waals surface area contributed by atoms with E-state index in [0.29, 0.717) is 17.6 Å². The number of carboxylic acid groups (broad SMARTS) is 1. The van der Waals surface area contributed by atoms with Crippen LogP contribution in [-0.2, 0) is 4.74 Å². The van der Waals surface area contributed by atoms with Crippen molar-refractivity contribution in [1.29, 1.82) is 0 Å². The number of benzene rings is 1. The van der Waals surface area contributed by atoms with E-state index in [9.17, 15) is 14.7 Å². The molecule has 2 atom stereocenters. The number of hydrogen-bond donors (Lipinski definition) is 2. The topological polar surface area (TPSA) is 78.9 Å². The van der Waals surface area contributed by atoms with Crippen LogP contribution < -0.4 is 5.32 Å². The molecular weight excluding hydrogens is 340 g/mol. The van der Waals surface area contributed by atoms with Gasteiger partial charge in [0.2, 0.25) is 0 Å². The lowest BCUT2D eigenvalue weighted by molar-refractivity contribution is -0.0530. The number of nitrogens with one attached hydrogen (secondary N) is 1. The van der Waals surface area contributed by atoms with E-state index < -0.39 is 5.97 Å². The summed E-state index contributed by atoms with van der Waals surface area (Å²) in [5.41, 5.74) is 0.328. The van der Waals surface area contributed by atoms with Crippen molar-refractivity contribution in [3.8, 4) is 0 Å². The van der Waals surface area contributed by atoms with Gasteiger partial charge in [0.05, 0.1) is 23.5 Å². The molecule has 2 rings (SSSR count). The smallest absolute Gasteiger partial charge is 0.337 e. The molecule has 1 saturated heterocycles. The predicted octanol–water partition coefficient (Wildman–Crippen LogP) is 2.79. The van der Waals surface area contributed by atoms with E-state index in [1.54, 1.807) is 17.0 Å². The maximum Gasteiger partial charge on any atom is 0.337 e. The predicted molar refractivity (Wildman–Crippen MR) is 81.7 cm³/mol. The van der Waals surface area contributed by atoms with E-state index in [-0.39, 0.29) is 29.5 Å². The molecule has 0 aliphatic carbocycles. The van der Waals surface area contributed by atoms with Crippen LogP contribution in [0.3, 0.4) is 0 Å². The molecule has 0 radical (unpaired) electrons. The first-order valence-corrected chi connectivity index (χ1v) is 7.40. The second-order valence-corrected chi connectivity index (χ2v) is 6.00. The fraction of sp³-hybridized carbons (Fsp3) is 0.429. The Morgan fingerprint density at radius 2 is 1.95 bits per heavy atom. The number of morpholine rings is 1. The minimum Gasteiger partial charge on any atom is -0.478 e. The summed E-state index contributed by atoms with van der Waals surface area (Å²) in [6, 6.07) is 4.40. The number of hydrogen-bond acceptors (Lipinski definition) is 3. The third kappa shape index (κ3) is 3.95. The third-order valence-corrected chi connectivity index (χ3v) is 3.65. The molecule has 1 aromatic rings. The fourth-order valence-corrected chi connectivity index (χ4v) is 2.70. The molecule has 1 heterocycles. The lowest BCUT2D eigenvalue weighted by Gasteiger charge is -2.35. The number of anilines is 1. The zero-order valence-corrected chi connectivity index (χ0v) is 13.4. The number of rotatable bonds is 2. The van der Waals surface area contributed by atoms with E-state index in [1.165, 1.54) is 6.07 Å². The number of halogens is 1. The van der Waals surface area contributed by atoms with Gasteiger partial charge in [-0.2, -0.15) is 0 Å². The van der Waals surface area contributed by atoms with Crippen molar-refractivity contribution < 1.29 is 19.4 Å². The molecule has 1 fully saturated rings. The number of urea groups is 1. The van der Waals surface area contributed by atoms with Crippen molar-refractivity contribution in [2.24, 2.45) is 0 Å². The first-order valence-electron chi connectivity index (χ1n) is 6.61. The van der Waals surface area contributed by atoms with Crippen LogP contribution >= 0.6 is 15.9 Å². The van der Waals surface area contributed by atoms with Gasteiger partial charge in [-0.05, 0) is 32.0 Å². The monoisotopic (exact) mass is 356 g/mol. The number of amides is 2. The molecule has 0 aromatic heterocycles. The van der Waals surface area contributed by atoms with Gasteiger partial charge in [0.25, 0.3) is 0 Å². The maximum atomic E-state index is 12.3. The maximum absolute atomic E-state index is 12.3. The molecule has 0 bridgehead atoms. The standard InChI is InChI=1S/C14H17BrN2O4/c1-8-6-17(7-9(2)21-8)14(20)16-12-4-3-10(15)5-11(12)13(18)19/h3-5,8-9H,6-7H2,1-2H3,(H,16,20)(H,18,19). The summed E-state index contributed by atoms with van der Waals surface area (Å²) in [4.78, 5) is 25.1. The highest BCUT2D eigenvalue weighted by Gasteiger charge is 2.26. The second-order valence-electron chi connectivity index (χ2n) is 5.09. The molecule has 7 heteroatoms. The van der Waals surface area contributed by atoms with Crippen LogP contribution in [0.25, 0.3) is 0 Å². The second kappa shape index (κ2) is 6.44. The summed E-state index contributed by atoms with van der Waals surface area (Å²) < 4.78 is 6.22. The molecule has 0 saturated carbocycles. The van der Waals surface area contributed by atoms with Crippen molar-refractivity contribution in [2.75, 3.05) is 18.4 Å². The summed E-state index contributed by atoms with van der Waals surface area (Å²) in [5, 5.41) is 11.9. The summed E-state index contributed by atoms with van der Waals surface area (Å²) in [5.74, 6) is -1.09. The number of ether oxygens (including phenoxy) is 1. The highest BCUT2D eigenvalue weighted by Crippen LogP contribution is 2.22. The Morgan fingerprint density at radius 3 is 2.52 bits per heavy atom. The molecule has 6 nitrogen and oxygen atoms in total. The molecule has 2 unspecified atom stereocenters. The van der Waals surface area contributed by atoms with Crippen LogP contribution in [0.15, 0.2) is 22.7 Å². The highest BCUT2D eigenvalue weighted by molar-refractivity contribution is 9.10. The average Bonchev–Trinajstić information content (AvgIpc) is 2.39. The number of aromatic carboxylic acids is 1. The van der Waals surface area contributed by atoms with Gasteiger partial charge in [0.15, 0.2) is 0 Å². The molecule has 1 aliphatic heterocycles. The number of carboxylic acids is 1. The Hall–Kier alpha value is -1.60. The fourth-order valence-electron chi connectivity index (χ4n) is 2.34. The van der Waals surface area contributed by atoms with Gasteiger partial charge in [0, 0.05) is 17.6 Å². The van der Waals surface area contributed by atoms with E-state index >= 15 is 0 Å². The Bertz CT molecular complexity index is 554. The van der Waals surface area contributed by atoms with Gasteiger partial charge in [-0.3, -0.25) is 0 Å². The molecule has 0 spiro atoms. The van der Waals surface area contributed by atoms with Gasteiger partial charge in [0.1, 0.15) is 0 Å². The molecule has 1 aromatic carbocycles. The first-order chi connectivity index (χ1) is 9.86. The first kappa shape index (κ1) is 15.8. The summed E-state index contributed by atoms with van der Waals surface area (Å²) >= 11 is 3.22. The van der Waals surface area contributed by atoms with Gasteiger partial charge in [-0.25, -0.2) is 9.59 Å². The normalized spacial score (nSPS) is 22.0. The lowest BCUT2D eigenvalue weighted by Crippen LogP contribution is -2.49.